The van der Waals surface area contributed by atoms with Crippen LogP contribution in [0.1, 0.15) is 11.3 Å². The van der Waals surface area contributed by atoms with E-state index in [1.54, 1.807) is 18.3 Å². The van der Waals surface area contributed by atoms with Gasteiger partial charge in [0.2, 0.25) is 0 Å². The van der Waals surface area contributed by atoms with Crippen LogP contribution in [-0.4, -0.2) is 4.98 Å². The van der Waals surface area contributed by atoms with Crippen molar-refractivity contribution in [3.63, 3.8) is 0 Å². The van der Waals surface area contributed by atoms with Gasteiger partial charge in [-0.05, 0) is 56.1 Å². The van der Waals surface area contributed by atoms with Gasteiger partial charge in [0, 0.05) is 15.1 Å². The first-order valence-corrected chi connectivity index (χ1v) is 6.92. The highest BCUT2D eigenvalue weighted by atomic mass is 79.9. The summed E-state index contributed by atoms with van der Waals surface area (Å²) >= 11 is 6.71. The van der Waals surface area contributed by atoms with Gasteiger partial charge in [0.15, 0.2) is 0 Å². The molecular formula is C13H8Br2FN3. The summed E-state index contributed by atoms with van der Waals surface area (Å²) < 4.78 is 15.4. The summed E-state index contributed by atoms with van der Waals surface area (Å²) in [5.41, 5.74) is 1.41. The van der Waals surface area contributed by atoms with Crippen molar-refractivity contribution in [1.82, 2.24) is 4.98 Å². The maximum atomic E-state index is 13.7. The summed E-state index contributed by atoms with van der Waals surface area (Å²) in [7, 11) is 0. The predicted molar refractivity (Wildman–Crippen MR) is 78.1 cm³/mol. The van der Waals surface area contributed by atoms with Gasteiger partial charge in [-0.15, -0.1) is 0 Å². The fourth-order valence-corrected chi connectivity index (χ4v) is 2.61. The van der Waals surface area contributed by atoms with Crippen LogP contribution in [0.4, 0.5) is 10.1 Å². The van der Waals surface area contributed by atoms with E-state index in [4.69, 9.17) is 5.26 Å². The van der Waals surface area contributed by atoms with Gasteiger partial charge in [0.25, 0.3) is 0 Å². The first-order chi connectivity index (χ1) is 9.10. The van der Waals surface area contributed by atoms with Crippen LogP contribution in [0.15, 0.2) is 39.4 Å². The molecule has 1 aromatic carbocycles. The van der Waals surface area contributed by atoms with Crippen LogP contribution in [0.2, 0.25) is 0 Å². The van der Waals surface area contributed by atoms with Crippen LogP contribution in [-0.2, 0) is 6.54 Å². The summed E-state index contributed by atoms with van der Waals surface area (Å²) in [6.45, 7) is 0.386. The van der Waals surface area contributed by atoms with E-state index in [-0.39, 0.29) is 0 Å². The third-order valence-electron chi connectivity index (χ3n) is 2.43. The zero-order chi connectivity index (χ0) is 13.8. The van der Waals surface area contributed by atoms with Crippen molar-refractivity contribution < 1.29 is 4.39 Å². The summed E-state index contributed by atoms with van der Waals surface area (Å²) in [6.07, 6.45) is 1.68. The molecule has 0 aliphatic heterocycles. The lowest BCUT2D eigenvalue weighted by Gasteiger charge is -2.08. The molecule has 0 atom stereocenters. The van der Waals surface area contributed by atoms with Crippen LogP contribution < -0.4 is 5.32 Å². The Morgan fingerprint density at radius 1 is 1.32 bits per heavy atom. The van der Waals surface area contributed by atoms with Gasteiger partial charge in [-0.2, -0.15) is 5.26 Å². The molecule has 0 saturated heterocycles. The molecule has 1 heterocycles. The molecule has 0 fully saturated rings. The molecule has 2 aromatic rings. The molecule has 0 amide bonds. The van der Waals surface area contributed by atoms with Crippen molar-refractivity contribution in [3.05, 3.63) is 56.5 Å². The minimum Gasteiger partial charge on any atom is -0.377 e. The molecule has 0 aliphatic rings. The number of benzene rings is 1. The van der Waals surface area contributed by atoms with Gasteiger partial charge >= 0.3 is 0 Å². The highest BCUT2D eigenvalue weighted by Crippen LogP contribution is 2.21. The fourth-order valence-electron chi connectivity index (χ4n) is 1.48. The second-order valence-corrected chi connectivity index (χ2v) is 5.51. The van der Waals surface area contributed by atoms with Crippen molar-refractivity contribution in [2.75, 3.05) is 5.32 Å². The smallest absolute Gasteiger partial charge is 0.147 e. The summed E-state index contributed by atoms with van der Waals surface area (Å²) in [6, 6.07) is 8.07. The lowest BCUT2D eigenvalue weighted by Crippen LogP contribution is -2.04. The van der Waals surface area contributed by atoms with Crippen molar-refractivity contribution in [1.29, 1.82) is 5.26 Å². The van der Waals surface area contributed by atoms with Gasteiger partial charge in [0.1, 0.15) is 5.82 Å². The third-order valence-corrected chi connectivity index (χ3v) is 3.55. The van der Waals surface area contributed by atoms with Crippen LogP contribution in [0.3, 0.4) is 0 Å². The molecule has 6 heteroatoms. The Kier molecular flexibility index (Phi) is 4.51. The highest BCUT2D eigenvalue weighted by Gasteiger charge is 2.06. The van der Waals surface area contributed by atoms with Crippen LogP contribution in [0, 0.1) is 17.1 Å². The second-order valence-electron chi connectivity index (χ2n) is 3.74. The summed E-state index contributed by atoms with van der Waals surface area (Å²) in [4.78, 5) is 4.23. The molecule has 1 N–H and O–H groups in total. The molecule has 0 saturated carbocycles. The van der Waals surface area contributed by atoms with Gasteiger partial charge in [0.05, 0.1) is 29.6 Å². The number of hydrogen-bond acceptors (Lipinski definition) is 3. The quantitative estimate of drug-likeness (QED) is 0.861. The zero-order valence-electron chi connectivity index (χ0n) is 9.62. The average molecular weight is 385 g/mol. The van der Waals surface area contributed by atoms with E-state index in [0.717, 1.165) is 14.6 Å². The Labute approximate surface area is 126 Å². The molecule has 3 nitrogen and oxygen atoms in total. The van der Waals surface area contributed by atoms with Crippen LogP contribution in [0.25, 0.3) is 0 Å². The van der Waals surface area contributed by atoms with E-state index in [2.05, 4.69) is 42.2 Å². The van der Waals surface area contributed by atoms with Gasteiger partial charge < -0.3 is 5.32 Å². The van der Waals surface area contributed by atoms with Crippen LogP contribution >= 0.6 is 31.9 Å². The minimum atomic E-state index is -0.452. The van der Waals surface area contributed by atoms with Gasteiger partial charge in [-0.3, -0.25) is 4.98 Å². The number of anilines is 1. The number of nitrogens with one attached hydrogen (secondary N) is 1. The Morgan fingerprint density at radius 2 is 2.11 bits per heavy atom. The molecule has 0 unspecified atom stereocenters. The normalized spacial score (nSPS) is 10.0. The lowest BCUT2D eigenvalue weighted by atomic mass is 10.2. The van der Waals surface area contributed by atoms with E-state index < -0.39 is 5.82 Å². The van der Waals surface area contributed by atoms with Crippen molar-refractivity contribution in [2.45, 2.75) is 6.54 Å². The van der Waals surface area contributed by atoms with Gasteiger partial charge in [-0.1, -0.05) is 0 Å². The molecule has 19 heavy (non-hydrogen) atoms. The SMILES string of the molecule is N#Cc1ccc(NCc2ncc(Br)cc2Br)c(F)c1. The summed E-state index contributed by atoms with van der Waals surface area (Å²) in [5, 5.41) is 11.6. The number of nitrogens with zero attached hydrogens (tertiary/aromatic N) is 2. The third kappa shape index (κ3) is 3.52. The molecule has 0 bridgehead atoms. The van der Waals surface area contributed by atoms with Crippen molar-refractivity contribution in [2.24, 2.45) is 0 Å². The number of hydrogen-bond donors (Lipinski definition) is 1. The molecule has 0 radical (unpaired) electrons. The summed E-state index contributed by atoms with van der Waals surface area (Å²) in [5.74, 6) is -0.452. The standard InChI is InChI=1S/C13H8Br2FN3/c14-9-4-10(15)13(18-6-9)7-19-12-2-1-8(5-17)3-11(12)16/h1-4,6,19H,7H2. The topological polar surface area (TPSA) is 48.7 Å². The number of halogens is 3. The van der Waals surface area contributed by atoms with Crippen molar-refractivity contribution >= 4 is 37.5 Å². The number of nitriles is 1. The van der Waals surface area contributed by atoms with E-state index in [1.807, 2.05) is 12.1 Å². The van der Waals surface area contributed by atoms with E-state index in [1.165, 1.54) is 6.07 Å². The number of rotatable bonds is 3. The Hall–Kier alpha value is -1.45. The first-order valence-electron chi connectivity index (χ1n) is 5.33. The van der Waals surface area contributed by atoms with E-state index in [0.29, 0.717) is 17.8 Å². The molecule has 2 rings (SSSR count). The average Bonchev–Trinajstić information content (AvgIpc) is 2.39. The Balaban J connectivity index is 2.13. The van der Waals surface area contributed by atoms with E-state index in [9.17, 15) is 4.39 Å². The molecule has 1 aromatic heterocycles. The lowest BCUT2D eigenvalue weighted by molar-refractivity contribution is 0.629. The monoisotopic (exact) mass is 383 g/mol. The molecule has 0 spiro atoms. The second kappa shape index (κ2) is 6.13. The number of aromatic nitrogens is 1. The maximum absolute atomic E-state index is 13.7. The largest absolute Gasteiger partial charge is 0.377 e. The molecular weight excluding hydrogens is 377 g/mol. The van der Waals surface area contributed by atoms with Crippen LogP contribution in [0.5, 0.6) is 0 Å². The number of pyridine rings is 1. The minimum absolute atomic E-state index is 0.297. The predicted octanol–water partition coefficient (Wildman–Crippen LogP) is 4.23. The zero-order valence-corrected chi connectivity index (χ0v) is 12.8. The highest BCUT2D eigenvalue weighted by molar-refractivity contribution is 9.11. The Morgan fingerprint density at radius 3 is 2.74 bits per heavy atom. The van der Waals surface area contributed by atoms with Crippen molar-refractivity contribution in [3.8, 4) is 6.07 Å². The van der Waals surface area contributed by atoms with Gasteiger partial charge in [-0.25, -0.2) is 4.39 Å². The molecule has 0 aliphatic carbocycles. The maximum Gasteiger partial charge on any atom is 0.147 e. The van der Waals surface area contributed by atoms with E-state index >= 15 is 0 Å². The fraction of sp³-hybridized carbons (Fsp3) is 0.0769. The molecule has 96 valence electrons. The first kappa shape index (κ1) is 14.0. The Bertz CT molecular complexity index is 653.